The van der Waals surface area contributed by atoms with Crippen LogP contribution in [-0.2, 0) is 23.4 Å². The van der Waals surface area contributed by atoms with Crippen LogP contribution in [0.3, 0.4) is 0 Å². The van der Waals surface area contributed by atoms with Crippen molar-refractivity contribution in [2.45, 2.75) is 81.4 Å². The smallest absolute Gasteiger partial charge is 0.158 e. The van der Waals surface area contributed by atoms with E-state index in [1.807, 2.05) is 11.7 Å². The highest BCUT2D eigenvalue weighted by Crippen LogP contribution is 2.40. The molecule has 5 nitrogen and oxygen atoms in total. The molecule has 1 spiro atoms. The number of hydrogen-bond donors (Lipinski definition) is 0. The van der Waals surface area contributed by atoms with Crippen molar-refractivity contribution in [1.29, 1.82) is 0 Å². The van der Waals surface area contributed by atoms with Crippen molar-refractivity contribution in [3.63, 3.8) is 0 Å². The third-order valence-corrected chi connectivity index (χ3v) is 9.51. The van der Waals surface area contributed by atoms with Crippen LogP contribution in [0.2, 0.25) is 0 Å². The zero-order valence-electron chi connectivity index (χ0n) is 16.1. The minimum Gasteiger partial charge on any atom is -0.296 e. The third-order valence-electron chi connectivity index (χ3n) is 6.94. The molecule has 2 aliphatic carbocycles. The van der Waals surface area contributed by atoms with E-state index in [0.717, 1.165) is 32.2 Å². The van der Waals surface area contributed by atoms with Gasteiger partial charge in [-0.1, -0.05) is 38.5 Å². The first-order chi connectivity index (χ1) is 12.5. The number of aromatic nitrogens is 2. The Bertz CT molecular complexity index is 728. The summed E-state index contributed by atoms with van der Waals surface area (Å²) in [5.74, 6) is 0.920. The monoisotopic (exact) mass is 379 g/mol. The van der Waals surface area contributed by atoms with E-state index >= 15 is 0 Å². The summed E-state index contributed by atoms with van der Waals surface area (Å²) in [4.78, 5) is 2.40. The SMILES string of the molecule is Cn1cc(CN2CCS(=O)(=O)C3(CCCCC3)C2)c(C2CCCCC2)n1. The van der Waals surface area contributed by atoms with Crippen LogP contribution in [0.15, 0.2) is 6.20 Å². The Morgan fingerprint density at radius 1 is 1.12 bits per heavy atom. The molecule has 0 N–H and O–H groups in total. The molecule has 0 atom stereocenters. The van der Waals surface area contributed by atoms with E-state index < -0.39 is 14.6 Å². The van der Waals surface area contributed by atoms with E-state index in [4.69, 9.17) is 5.10 Å². The van der Waals surface area contributed by atoms with Crippen LogP contribution < -0.4 is 0 Å². The predicted octanol–water partition coefficient (Wildman–Crippen LogP) is 3.40. The van der Waals surface area contributed by atoms with Crippen molar-refractivity contribution in [2.75, 3.05) is 18.8 Å². The molecule has 3 aliphatic rings. The van der Waals surface area contributed by atoms with Crippen LogP contribution in [0.4, 0.5) is 0 Å². The summed E-state index contributed by atoms with van der Waals surface area (Å²) in [6.45, 7) is 2.24. The molecule has 0 unspecified atom stereocenters. The lowest BCUT2D eigenvalue weighted by atomic mass is 9.85. The van der Waals surface area contributed by atoms with Crippen LogP contribution in [0.1, 0.15) is 81.4 Å². The van der Waals surface area contributed by atoms with Gasteiger partial charge in [-0.05, 0) is 25.7 Å². The van der Waals surface area contributed by atoms with Crippen LogP contribution >= 0.6 is 0 Å². The Kier molecular flexibility index (Phi) is 5.17. The minimum atomic E-state index is -2.96. The molecule has 0 amide bonds. The molecular weight excluding hydrogens is 346 g/mol. The summed E-state index contributed by atoms with van der Waals surface area (Å²) < 4.78 is 27.1. The summed E-state index contributed by atoms with van der Waals surface area (Å²) in [6, 6.07) is 0. The van der Waals surface area contributed by atoms with Crippen LogP contribution in [0.25, 0.3) is 0 Å². The molecule has 4 rings (SSSR count). The zero-order valence-corrected chi connectivity index (χ0v) is 16.9. The molecule has 0 radical (unpaired) electrons. The van der Waals surface area contributed by atoms with Gasteiger partial charge in [0.05, 0.1) is 16.2 Å². The van der Waals surface area contributed by atoms with Crippen LogP contribution in [0, 0.1) is 0 Å². The van der Waals surface area contributed by atoms with Gasteiger partial charge in [0.25, 0.3) is 0 Å². The average molecular weight is 380 g/mol. The number of sulfone groups is 1. The van der Waals surface area contributed by atoms with Crippen LogP contribution in [-0.4, -0.2) is 46.7 Å². The van der Waals surface area contributed by atoms with Gasteiger partial charge in [0.1, 0.15) is 0 Å². The molecule has 0 aromatic carbocycles. The van der Waals surface area contributed by atoms with Crippen LogP contribution in [0.5, 0.6) is 0 Å². The number of rotatable bonds is 3. The molecule has 2 saturated carbocycles. The predicted molar refractivity (Wildman–Crippen MR) is 104 cm³/mol. The van der Waals surface area contributed by atoms with Gasteiger partial charge in [0.2, 0.25) is 0 Å². The molecule has 1 aromatic rings. The first-order valence-corrected chi connectivity index (χ1v) is 12.1. The lowest BCUT2D eigenvalue weighted by Crippen LogP contribution is -2.56. The highest BCUT2D eigenvalue weighted by Gasteiger charge is 2.48. The highest BCUT2D eigenvalue weighted by molar-refractivity contribution is 7.92. The average Bonchev–Trinajstić information content (AvgIpc) is 3.00. The highest BCUT2D eigenvalue weighted by atomic mass is 32.2. The molecule has 1 aromatic heterocycles. The maximum atomic E-state index is 12.8. The second kappa shape index (κ2) is 7.27. The summed E-state index contributed by atoms with van der Waals surface area (Å²) in [5.41, 5.74) is 2.60. The standard InChI is InChI=1S/C20H33N3O2S/c1-22-14-18(19(21-22)17-8-4-2-5-9-17)15-23-12-13-26(24,25)20(16-23)10-6-3-7-11-20/h14,17H,2-13,15-16H2,1H3. The van der Waals surface area contributed by atoms with E-state index in [9.17, 15) is 8.42 Å². The van der Waals surface area contributed by atoms with E-state index in [1.165, 1.54) is 49.8 Å². The van der Waals surface area contributed by atoms with E-state index in [0.29, 0.717) is 24.8 Å². The largest absolute Gasteiger partial charge is 0.296 e. The number of hydrogen-bond acceptors (Lipinski definition) is 4. The van der Waals surface area contributed by atoms with Gasteiger partial charge in [0.15, 0.2) is 9.84 Å². The lowest BCUT2D eigenvalue weighted by molar-refractivity contribution is 0.199. The fourth-order valence-corrected chi connectivity index (χ4v) is 7.71. The molecule has 26 heavy (non-hydrogen) atoms. The molecule has 146 valence electrons. The van der Waals surface area contributed by atoms with E-state index in [2.05, 4.69) is 11.1 Å². The Hall–Kier alpha value is -0.880. The van der Waals surface area contributed by atoms with Crippen molar-refractivity contribution in [1.82, 2.24) is 14.7 Å². The van der Waals surface area contributed by atoms with Crippen molar-refractivity contribution < 1.29 is 8.42 Å². The van der Waals surface area contributed by atoms with Crippen molar-refractivity contribution >= 4 is 9.84 Å². The lowest BCUT2D eigenvalue weighted by Gasteiger charge is -2.44. The molecule has 1 aliphatic heterocycles. The summed E-state index contributed by atoms with van der Waals surface area (Å²) in [7, 11) is -0.946. The molecule has 2 heterocycles. The zero-order chi connectivity index (χ0) is 18.2. The van der Waals surface area contributed by atoms with Crippen molar-refractivity contribution in [3.8, 4) is 0 Å². The van der Waals surface area contributed by atoms with E-state index in [-0.39, 0.29) is 0 Å². The topological polar surface area (TPSA) is 55.2 Å². The Morgan fingerprint density at radius 2 is 1.81 bits per heavy atom. The Labute approximate surface area is 158 Å². The summed E-state index contributed by atoms with van der Waals surface area (Å²) in [6.07, 6.45) is 13.7. The summed E-state index contributed by atoms with van der Waals surface area (Å²) >= 11 is 0. The molecule has 3 fully saturated rings. The molecule has 6 heteroatoms. The minimum absolute atomic E-state index is 0.325. The van der Waals surface area contributed by atoms with Gasteiger partial charge < -0.3 is 0 Å². The van der Waals surface area contributed by atoms with E-state index in [1.54, 1.807) is 0 Å². The Morgan fingerprint density at radius 3 is 2.54 bits per heavy atom. The molecule has 1 saturated heterocycles. The maximum Gasteiger partial charge on any atom is 0.158 e. The van der Waals surface area contributed by atoms with Crippen molar-refractivity contribution in [2.24, 2.45) is 7.05 Å². The molecular formula is C20H33N3O2S. The molecule has 0 bridgehead atoms. The first-order valence-electron chi connectivity index (χ1n) is 10.5. The fraction of sp³-hybridized carbons (Fsp3) is 0.850. The van der Waals surface area contributed by atoms with Gasteiger partial charge in [-0.2, -0.15) is 5.10 Å². The van der Waals surface area contributed by atoms with Gasteiger partial charge in [-0.15, -0.1) is 0 Å². The third kappa shape index (κ3) is 3.47. The second-order valence-corrected chi connectivity index (χ2v) is 11.3. The fourth-order valence-electron chi connectivity index (χ4n) is 5.49. The first kappa shape index (κ1) is 18.5. The van der Waals surface area contributed by atoms with Gasteiger partial charge in [0, 0.05) is 44.4 Å². The second-order valence-electron chi connectivity index (χ2n) is 8.82. The van der Waals surface area contributed by atoms with Crippen molar-refractivity contribution in [3.05, 3.63) is 17.5 Å². The van der Waals surface area contributed by atoms with Gasteiger partial charge in [-0.3, -0.25) is 9.58 Å². The van der Waals surface area contributed by atoms with Gasteiger partial charge >= 0.3 is 0 Å². The Balaban J connectivity index is 1.53. The van der Waals surface area contributed by atoms with Gasteiger partial charge in [-0.25, -0.2) is 8.42 Å². The maximum absolute atomic E-state index is 12.8. The number of aryl methyl sites for hydroxylation is 1. The quantitative estimate of drug-likeness (QED) is 0.808. The summed E-state index contributed by atoms with van der Waals surface area (Å²) in [5, 5.41) is 4.80. The normalized spacial score (nSPS) is 27.0. The number of nitrogens with zero attached hydrogens (tertiary/aromatic N) is 3.